The lowest BCUT2D eigenvalue weighted by Crippen LogP contribution is -2.57. The predicted octanol–water partition coefficient (Wildman–Crippen LogP) is 1.39. The van der Waals surface area contributed by atoms with E-state index in [4.69, 9.17) is 5.11 Å². The Morgan fingerprint density at radius 3 is 2.47 bits per heavy atom. The van der Waals surface area contributed by atoms with Crippen molar-refractivity contribution in [2.24, 2.45) is 0 Å². The van der Waals surface area contributed by atoms with E-state index in [2.05, 4.69) is 19.2 Å². The van der Waals surface area contributed by atoms with E-state index < -0.39 is 11.5 Å². The van der Waals surface area contributed by atoms with Crippen LogP contribution in [-0.2, 0) is 4.79 Å². The van der Waals surface area contributed by atoms with Crippen LogP contribution in [0.3, 0.4) is 0 Å². The maximum absolute atomic E-state index is 11.9. The van der Waals surface area contributed by atoms with Crippen LogP contribution < -0.4 is 5.32 Å². The van der Waals surface area contributed by atoms with Crippen LogP contribution in [0.5, 0.6) is 0 Å². The van der Waals surface area contributed by atoms with E-state index >= 15 is 0 Å². The lowest BCUT2D eigenvalue weighted by molar-refractivity contribution is -0.143. The molecule has 98 valence electrons. The summed E-state index contributed by atoms with van der Waals surface area (Å²) >= 11 is 1.83. The Bertz CT molecular complexity index is 329. The maximum Gasteiger partial charge on any atom is 0.328 e. The molecule has 0 aromatic carbocycles. The molecular weight excluding hydrogens is 240 g/mol. The third-order valence-electron chi connectivity index (χ3n) is 2.67. The smallest absolute Gasteiger partial charge is 0.328 e. The van der Waals surface area contributed by atoms with Gasteiger partial charge in [-0.2, -0.15) is 11.8 Å². The Hall–Kier alpha value is -0.910. The quantitative estimate of drug-likeness (QED) is 0.787. The standard InChI is InChI=1S/C11H20N2O3S/c1-10(2)7-13(5-6-17-10)9(16)12-11(3,4)8(14)15/h5-7H2,1-4H3,(H,12,16)(H,14,15). The number of nitrogens with one attached hydrogen (secondary N) is 1. The number of hydrogen-bond acceptors (Lipinski definition) is 3. The third-order valence-corrected chi connectivity index (χ3v) is 3.96. The van der Waals surface area contributed by atoms with E-state index in [0.717, 1.165) is 5.75 Å². The minimum absolute atomic E-state index is 0.0307. The summed E-state index contributed by atoms with van der Waals surface area (Å²) in [6.45, 7) is 8.43. The molecule has 0 spiro atoms. The van der Waals surface area contributed by atoms with Gasteiger partial charge in [-0.1, -0.05) is 0 Å². The lowest BCUT2D eigenvalue weighted by Gasteiger charge is -2.38. The van der Waals surface area contributed by atoms with Crippen molar-refractivity contribution in [1.82, 2.24) is 10.2 Å². The number of rotatable bonds is 2. The fourth-order valence-corrected chi connectivity index (χ4v) is 2.70. The first-order valence-electron chi connectivity index (χ1n) is 5.58. The molecule has 0 aromatic heterocycles. The first kappa shape index (κ1) is 14.2. The number of carboxylic acid groups (broad SMARTS) is 1. The lowest BCUT2D eigenvalue weighted by atomic mass is 10.1. The number of carboxylic acids is 1. The zero-order valence-electron chi connectivity index (χ0n) is 10.7. The van der Waals surface area contributed by atoms with Crippen LogP contribution in [0.4, 0.5) is 4.79 Å². The number of thioether (sulfide) groups is 1. The second-order valence-corrected chi connectivity index (χ2v) is 7.19. The highest BCUT2D eigenvalue weighted by atomic mass is 32.2. The van der Waals surface area contributed by atoms with Crippen molar-refractivity contribution in [3.8, 4) is 0 Å². The number of carbonyl (C=O) groups is 2. The Morgan fingerprint density at radius 1 is 1.41 bits per heavy atom. The Balaban J connectivity index is 2.62. The summed E-state index contributed by atoms with van der Waals surface area (Å²) in [4.78, 5) is 24.6. The van der Waals surface area contributed by atoms with E-state index in [9.17, 15) is 9.59 Å². The summed E-state index contributed by atoms with van der Waals surface area (Å²) in [5.74, 6) is -0.148. The second kappa shape index (κ2) is 4.76. The van der Waals surface area contributed by atoms with Crippen LogP contribution in [0, 0.1) is 0 Å². The zero-order valence-corrected chi connectivity index (χ0v) is 11.6. The van der Waals surface area contributed by atoms with Crippen molar-refractivity contribution >= 4 is 23.8 Å². The van der Waals surface area contributed by atoms with Crippen molar-refractivity contribution in [3.63, 3.8) is 0 Å². The van der Waals surface area contributed by atoms with Gasteiger partial charge in [-0.05, 0) is 27.7 Å². The zero-order chi connectivity index (χ0) is 13.3. The molecule has 6 heteroatoms. The van der Waals surface area contributed by atoms with E-state index in [1.807, 2.05) is 11.8 Å². The molecule has 17 heavy (non-hydrogen) atoms. The molecule has 0 aliphatic carbocycles. The number of aliphatic carboxylic acids is 1. The number of hydrogen-bond donors (Lipinski definition) is 2. The molecule has 2 N–H and O–H groups in total. The largest absolute Gasteiger partial charge is 0.480 e. The van der Waals surface area contributed by atoms with Gasteiger partial charge in [0.1, 0.15) is 5.54 Å². The highest BCUT2D eigenvalue weighted by molar-refractivity contribution is 8.00. The number of nitrogens with zero attached hydrogens (tertiary/aromatic N) is 1. The number of urea groups is 1. The van der Waals surface area contributed by atoms with Gasteiger partial charge < -0.3 is 15.3 Å². The van der Waals surface area contributed by atoms with Gasteiger partial charge in [0, 0.05) is 23.6 Å². The normalized spacial score (nSPS) is 19.9. The summed E-state index contributed by atoms with van der Waals surface area (Å²) in [6, 6.07) is -0.300. The topological polar surface area (TPSA) is 69.6 Å². The number of carbonyl (C=O) groups excluding carboxylic acids is 1. The molecule has 1 fully saturated rings. The fraction of sp³-hybridized carbons (Fsp3) is 0.818. The van der Waals surface area contributed by atoms with Crippen LogP contribution in [0.1, 0.15) is 27.7 Å². The molecule has 1 aliphatic rings. The highest BCUT2D eigenvalue weighted by Gasteiger charge is 2.34. The average Bonchev–Trinajstić information content (AvgIpc) is 2.15. The monoisotopic (exact) mass is 260 g/mol. The molecule has 5 nitrogen and oxygen atoms in total. The van der Waals surface area contributed by atoms with Crippen LogP contribution in [0.25, 0.3) is 0 Å². The molecule has 2 amide bonds. The van der Waals surface area contributed by atoms with Gasteiger partial charge in [-0.25, -0.2) is 9.59 Å². The van der Waals surface area contributed by atoms with Gasteiger partial charge in [0.15, 0.2) is 0 Å². The van der Waals surface area contributed by atoms with Crippen molar-refractivity contribution in [3.05, 3.63) is 0 Å². The molecule has 1 aliphatic heterocycles. The van der Waals surface area contributed by atoms with Crippen LogP contribution in [0.2, 0.25) is 0 Å². The minimum atomic E-state index is -1.23. The number of amides is 2. The van der Waals surface area contributed by atoms with E-state index in [0.29, 0.717) is 13.1 Å². The van der Waals surface area contributed by atoms with Crippen LogP contribution >= 0.6 is 11.8 Å². The average molecular weight is 260 g/mol. The van der Waals surface area contributed by atoms with Gasteiger partial charge >= 0.3 is 12.0 Å². The van der Waals surface area contributed by atoms with Crippen molar-refractivity contribution < 1.29 is 14.7 Å². The van der Waals surface area contributed by atoms with Crippen LogP contribution in [-0.4, -0.2) is 51.1 Å². The molecule has 0 atom stereocenters. The summed E-state index contributed by atoms with van der Waals surface area (Å²) < 4.78 is 0.0307. The molecule has 0 aromatic rings. The molecule has 0 saturated carbocycles. The first-order valence-corrected chi connectivity index (χ1v) is 6.57. The van der Waals surface area contributed by atoms with E-state index in [1.165, 1.54) is 13.8 Å². The third kappa shape index (κ3) is 3.80. The van der Waals surface area contributed by atoms with E-state index in [1.54, 1.807) is 4.90 Å². The van der Waals surface area contributed by atoms with Crippen molar-refractivity contribution in [2.75, 3.05) is 18.8 Å². The molecule has 1 rings (SSSR count). The van der Waals surface area contributed by atoms with Gasteiger partial charge in [0.2, 0.25) is 0 Å². The Morgan fingerprint density at radius 2 is 2.00 bits per heavy atom. The SMILES string of the molecule is CC1(C)CN(C(=O)NC(C)(C)C(=O)O)CCS1. The van der Waals surface area contributed by atoms with Crippen LogP contribution in [0.15, 0.2) is 0 Å². The molecule has 1 saturated heterocycles. The van der Waals surface area contributed by atoms with Gasteiger partial charge in [-0.3, -0.25) is 0 Å². The predicted molar refractivity (Wildman–Crippen MR) is 68.4 cm³/mol. The maximum atomic E-state index is 11.9. The highest BCUT2D eigenvalue weighted by Crippen LogP contribution is 2.29. The minimum Gasteiger partial charge on any atom is -0.480 e. The second-order valence-electron chi connectivity index (χ2n) is 5.39. The Kier molecular flexibility index (Phi) is 3.96. The van der Waals surface area contributed by atoms with Crippen molar-refractivity contribution in [1.29, 1.82) is 0 Å². The summed E-state index contributed by atoms with van der Waals surface area (Å²) in [5, 5.41) is 11.5. The fourth-order valence-electron chi connectivity index (χ4n) is 1.59. The Labute approximate surface area is 106 Å². The molecular formula is C11H20N2O3S. The summed E-state index contributed by atoms with van der Waals surface area (Å²) in [6.07, 6.45) is 0. The van der Waals surface area contributed by atoms with Gasteiger partial charge in [0.25, 0.3) is 0 Å². The summed E-state index contributed by atoms with van der Waals surface area (Å²) in [5.41, 5.74) is -1.23. The van der Waals surface area contributed by atoms with Gasteiger partial charge in [-0.15, -0.1) is 0 Å². The molecule has 0 unspecified atom stereocenters. The first-order chi connectivity index (χ1) is 7.64. The van der Waals surface area contributed by atoms with E-state index in [-0.39, 0.29) is 10.8 Å². The summed E-state index contributed by atoms with van der Waals surface area (Å²) in [7, 11) is 0. The van der Waals surface area contributed by atoms with Crippen molar-refractivity contribution in [2.45, 2.75) is 38.0 Å². The molecule has 0 bridgehead atoms. The molecule has 1 heterocycles. The van der Waals surface area contributed by atoms with Gasteiger partial charge in [0.05, 0.1) is 0 Å². The molecule has 0 radical (unpaired) electrons.